The Hall–Kier alpha value is -3.70. The Morgan fingerprint density at radius 2 is 1.74 bits per heavy atom. The number of hydrogen-bond acceptors (Lipinski definition) is 4. The standard InChI is InChI=1S/C33H35FN2O2/c1-22-26(33(37)38-3)14-8-16-31(22)36-21-24(20-25-11-4-7-15-32(25)36)10-9-19-35-23(2)27-17-18-30(34)29-13-6-5-12-28(27)29/h4-8,11-18,23-24,35H,9-10,19-21H2,1-3H3/t23-,24?/m1/s1. The van der Waals surface area contributed by atoms with Crippen molar-refractivity contribution in [3.8, 4) is 0 Å². The van der Waals surface area contributed by atoms with E-state index in [0.717, 1.165) is 54.6 Å². The first-order chi connectivity index (χ1) is 18.5. The van der Waals surface area contributed by atoms with E-state index in [1.807, 2.05) is 49.4 Å². The van der Waals surface area contributed by atoms with Gasteiger partial charge in [-0.15, -0.1) is 0 Å². The fourth-order valence-electron chi connectivity index (χ4n) is 5.83. The van der Waals surface area contributed by atoms with E-state index in [0.29, 0.717) is 16.9 Å². The fraction of sp³-hybridized carbons (Fsp3) is 0.303. The average Bonchev–Trinajstić information content (AvgIpc) is 2.95. The van der Waals surface area contributed by atoms with Crippen LogP contribution in [0.1, 0.15) is 52.9 Å². The highest BCUT2D eigenvalue weighted by Crippen LogP contribution is 2.39. The maximum absolute atomic E-state index is 14.3. The summed E-state index contributed by atoms with van der Waals surface area (Å²) in [5.74, 6) is 0.0150. The Morgan fingerprint density at radius 3 is 2.55 bits per heavy atom. The van der Waals surface area contributed by atoms with Crippen molar-refractivity contribution < 1.29 is 13.9 Å². The SMILES string of the molecule is COC(=O)c1cccc(N2CC(CCCN[C@H](C)c3ccc(F)c4ccccc34)Cc3ccccc32)c1C. The summed E-state index contributed by atoms with van der Waals surface area (Å²) in [7, 11) is 1.42. The van der Waals surface area contributed by atoms with Crippen molar-refractivity contribution in [1.82, 2.24) is 5.32 Å². The van der Waals surface area contributed by atoms with Crippen LogP contribution in [0.4, 0.5) is 15.8 Å². The van der Waals surface area contributed by atoms with E-state index in [1.165, 1.54) is 18.4 Å². The number of esters is 1. The number of hydrogen-bond donors (Lipinski definition) is 1. The van der Waals surface area contributed by atoms with Crippen LogP contribution >= 0.6 is 0 Å². The lowest BCUT2D eigenvalue weighted by Crippen LogP contribution is -2.33. The van der Waals surface area contributed by atoms with E-state index in [4.69, 9.17) is 4.74 Å². The maximum Gasteiger partial charge on any atom is 0.338 e. The molecular weight excluding hydrogens is 475 g/mol. The molecule has 2 atom stereocenters. The van der Waals surface area contributed by atoms with Gasteiger partial charge in [-0.2, -0.15) is 0 Å². The molecule has 0 amide bonds. The Labute approximate surface area is 224 Å². The lowest BCUT2D eigenvalue weighted by Gasteiger charge is -2.37. The molecule has 0 radical (unpaired) electrons. The van der Waals surface area contributed by atoms with Gasteiger partial charge in [-0.3, -0.25) is 0 Å². The maximum atomic E-state index is 14.3. The molecule has 4 aromatic rings. The van der Waals surface area contributed by atoms with Crippen LogP contribution < -0.4 is 10.2 Å². The van der Waals surface area contributed by atoms with Crippen molar-refractivity contribution in [3.63, 3.8) is 0 Å². The Bertz CT molecular complexity index is 1450. The largest absolute Gasteiger partial charge is 0.465 e. The van der Waals surface area contributed by atoms with Gasteiger partial charge in [0.15, 0.2) is 0 Å². The lowest BCUT2D eigenvalue weighted by atomic mass is 9.88. The van der Waals surface area contributed by atoms with E-state index < -0.39 is 0 Å². The summed E-state index contributed by atoms with van der Waals surface area (Å²) < 4.78 is 19.3. The minimum Gasteiger partial charge on any atom is -0.465 e. The first-order valence-corrected chi connectivity index (χ1v) is 13.4. The van der Waals surface area contributed by atoms with Gasteiger partial charge in [0.25, 0.3) is 0 Å². The van der Waals surface area contributed by atoms with Gasteiger partial charge >= 0.3 is 5.97 Å². The topological polar surface area (TPSA) is 41.6 Å². The van der Waals surface area contributed by atoms with E-state index in [-0.39, 0.29) is 17.8 Å². The highest BCUT2D eigenvalue weighted by molar-refractivity contribution is 5.93. The van der Waals surface area contributed by atoms with E-state index in [1.54, 1.807) is 6.07 Å². The van der Waals surface area contributed by atoms with Gasteiger partial charge < -0.3 is 15.0 Å². The van der Waals surface area contributed by atoms with Crippen LogP contribution in [0.3, 0.4) is 0 Å². The number of anilines is 2. The third-order valence-corrected chi connectivity index (χ3v) is 7.84. The van der Waals surface area contributed by atoms with Gasteiger partial charge in [0.2, 0.25) is 0 Å². The average molecular weight is 511 g/mol. The summed E-state index contributed by atoms with van der Waals surface area (Å²) in [6, 6.07) is 25.7. The number of para-hydroxylation sites is 1. The third kappa shape index (κ3) is 5.16. The fourth-order valence-corrected chi connectivity index (χ4v) is 5.83. The quantitative estimate of drug-likeness (QED) is 0.197. The second kappa shape index (κ2) is 11.4. The summed E-state index contributed by atoms with van der Waals surface area (Å²) in [6.45, 7) is 5.94. The zero-order valence-electron chi connectivity index (χ0n) is 22.3. The molecule has 1 unspecified atom stereocenters. The second-order valence-corrected chi connectivity index (χ2v) is 10.3. The van der Waals surface area contributed by atoms with Crippen molar-refractivity contribution in [2.75, 3.05) is 25.1 Å². The Kier molecular flexibility index (Phi) is 7.75. The molecule has 5 rings (SSSR count). The van der Waals surface area contributed by atoms with Gasteiger partial charge in [0.05, 0.1) is 12.7 Å². The predicted octanol–water partition coefficient (Wildman–Crippen LogP) is 7.52. The summed E-state index contributed by atoms with van der Waals surface area (Å²) in [5.41, 5.74) is 6.28. The minimum atomic E-state index is -0.305. The molecule has 4 nitrogen and oxygen atoms in total. The number of carbonyl (C=O) groups is 1. The van der Waals surface area contributed by atoms with E-state index in [9.17, 15) is 9.18 Å². The lowest BCUT2D eigenvalue weighted by molar-refractivity contribution is 0.0600. The van der Waals surface area contributed by atoms with Crippen LogP contribution in [0, 0.1) is 18.7 Å². The molecule has 5 heteroatoms. The molecule has 1 aliphatic rings. The zero-order valence-corrected chi connectivity index (χ0v) is 22.3. The summed E-state index contributed by atoms with van der Waals surface area (Å²) in [6.07, 6.45) is 3.18. The van der Waals surface area contributed by atoms with Gasteiger partial charge in [0.1, 0.15) is 5.82 Å². The van der Waals surface area contributed by atoms with E-state index in [2.05, 4.69) is 47.5 Å². The molecule has 0 saturated heterocycles. The first kappa shape index (κ1) is 25.9. The molecule has 0 spiro atoms. The number of methoxy groups -OCH3 is 1. The van der Waals surface area contributed by atoms with Crippen molar-refractivity contribution in [2.45, 2.75) is 39.2 Å². The molecule has 0 saturated carbocycles. The molecule has 1 N–H and O–H groups in total. The molecule has 0 aromatic heterocycles. The number of carbonyl (C=O) groups excluding carboxylic acids is 1. The highest BCUT2D eigenvalue weighted by atomic mass is 19.1. The van der Waals surface area contributed by atoms with Crippen molar-refractivity contribution in [2.24, 2.45) is 5.92 Å². The van der Waals surface area contributed by atoms with Gasteiger partial charge in [-0.25, -0.2) is 9.18 Å². The Morgan fingerprint density at radius 1 is 1.00 bits per heavy atom. The molecule has 1 heterocycles. The molecule has 0 fully saturated rings. The van der Waals surface area contributed by atoms with Crippen LogP contribution in [-0.4, -0.2) is 26.2 Å². The van der Waals surface area contributed by atoms with Crippen LogP contribution in [0.2, 0.25) is 0 Å². The number of rotatable bonds is 8. The first-order valence-electron chi connectivity index (χ1n) is 13.4. The summed E-state index contributed by atoms with van der Waals surface area (Å²) in [4.78, 5) is 14.7. The smallest absolute Gasteiger partial charge is 0.338 e. The van der Waals surface area contributed by atoms with Gasteiger partial charge in [0, 0.05) is 29.3 Å². The summed E-state index contributed by atoms with van der Waals surface area (Å²) in [5, 5.41) is 5.30. The molecule has 196 valence electrons. The van der Waals surface area contributed by atoms with Crippen LogP contribution in [-0.2, 0) is 11.2 Å². The zero-order chi connectivity index (χ0) is 26.6. The molecule has 0 aliphatic carbocycles. The summed E-state index contributed by atoms with van der Waals surface area (Å²) >= 11 is 0. The number of benzene rings is 4. The molecule has 4 aromatic carbocycles. The molecule has 38 heavy (non-hydrogen) atoms. The number of ether oxygens (including phenoxy) is 1. The monoisotopic (exact) mass is 510 g/mol. The highest BCUT2D eigenvalue weighted by Gasteiger charge is 2.27. The van der Waals surface area contributed by atoms with Crippen molar-refractivity contribution in [1.29, 1.82) is 0 Å². The molecular formula is C33H35FN2O2. The Balaban J connectivity index is 1.27. The van der Waals surface area contributed by atoms with Crippen LogP contribution in [0.5, 0.6) is 0 Å². The number of halogens is 1. The third-order valence-electron chi connectivity index (χ3n) is 7.84. The number of nitrogens with one attached hydrogen (secondary N) is 1. The molecule has 0 bridgehead atoms. The number of nitrogens with zero attached hydrogens (tertiary/aromatic N) is 1. The van der Waals surface area contributed by atoms with Crippen LogP contribution in [0.15, 0.2) is 78.9 Å². The van der Waals surface area contributed by atoms with Crippen molar-refractivity contribution in [3.05, 3.63) is 107 Å². The number of fused-ring (bicyclic) bond motifs is 2. The van der Waals surface area contributed by atoms with Gasteiger partial charge in [-0.1, -0.05) is 54.6 Å². The minimum absolute atomic E-state index is 0.132. The van der Waals surface area contributed by atoms with E-state index >= 15 is 0 Å². The van der Waals surface area contributed by atoms with Crippen LogP contribution in [0.25, 0.3) is 10.8 Å². The predicted molar refractivity (Wildman–Crippen MR) is 153 cm³/mol. The van der Waals surface area contributed by atoms with Crippen molar-refractivity contribution >= 4 is 28.1 Å². The molecule has 1 aliphatic heterocycles. The normalized spacial score (nSPS) is 15.8. The second-order valence-electron chi connectivity index (χ2n) is 10.3. The van der Waals surface area contributed by atoms with Gasteiger partial charge in [-0.05, 0) is 91.9 Å².